The Kier molecular flexibility index (Phi) is 4.43. The van der Waals surface area contributed by atoms with Crippen LogP contribution < -0.4 is 19.3 Å². The Balaban J connectivity index is 1.69. The van der Waals surface area contributed by atoms with Gasteiger partial charge in [0.25, 0.3) is 0 Å². The van der Waals surface area contributed by atoms with E-state index in [1.165, 1.54) is 16.5 Å². The van der Waals surface area contributed by atoms with Crippen molar-refractivity contribution in [2.45, 2.75) is 0 Å². The normalized spacial score (nSPS) is 11.6. The van der Waals surface area contributed by atoms with E-state index in [9.17, 15) is 0 Å². The van der Waals surface area contributed by atoms with Crippen molar-refractivity contribution >= 4 is 40.3 Å². The predicted molar refractivity (Wildman–Crippen MR) is 117 cm³/mol. The summed E-state index contributed by atoms with van der Waals surface area (Å²) in [5, 5.41) is 11.2. The van der Waals surface area contributed by atoms with Crippen LogP contribution in [0.1, 0.15) is 11.1 Å². The molecule has 3 aromatic rings. The van der Waals surface area contributed by atoms with Crippen molar-refractivity contribution in [3.63, 3.8) is 0 Å². The van der Waals surface area contributed by atoms with Gasteiger partial charge in [0, 0.05) is 31.2 Å². The average molecular weight is 373 g/mol. The first-order valence-corrected chi connectivity index (χ1v) is 9.07. The Labute approximate surface area is 164 Å². The highest BCUT2D eigenvalue weighted by Gasteiger charge is 2.19. The summed E-state index contributed by atoms with van der Waals surface area (Å²) in [6, 6.07) is 16.1. The molecule has 0 bridgehead atoms. The van der Waals surface area contributed by atoms with Gasteiger partial charge in [-0.05, 0) is 34.7 Å². The van der Waals surface area contributed by atoms with Crippen LogP contribution in [-0.2, 0) is 0 Å². The number of guanidine groups is 1. The van der Waals surface area contributed by atoms with E-state index in [1.54, 1.807) is 14.2 Å². The maximum Gasteiger partial charge on any atom is 0.202 e. The standard InChI is InChI=1S/C23H23N3O2/c1-25(17-11-13-20(27-3)21(14-17)28-4)23(24)26(2)19-12-10-16-9-8-15-6-5-7-18(19)22(15)16/h5-14,24H,1-4H3. The molecule has 0 aliphatic heterocycles. The first-order valence-electron chi connectivity index (χ1n) is 9.07. The third-order valence-electron chi connectivity index (χ3n) is 5.28. The fraction of sp³-hybridized carbons (Fsp3) is 0.174. The van der Waals surface area contributed by atoms with E-state index >= 15 is 0 Å². The molecule has 142 valence electrons. The van der Waals surface area contributed by atoms with Gasteiger partial charge in [-0.25, -0.2) is 0 Å². The van der Waals surface area contributed by atoms with E-state index in [0.29, 0.717) is 17.5 Å². The monoisotopic (exact) mass is 373 g/mol. The quantitative estimate of drug-likeness (QED) is 0.410. The summed E-state index contributed by atoms with van der Waals surface area (Å²) in [4.78, 5) is 3.72. The van der Waals surface area contributed by atoms with Gasteiger partial charge in [0.2, 0.25) is 5.96 Å². The van der Waals surface area contributed by atoms with E-state index in [2.05, 4.69) is 42.5 Å². The first-order chi connectivity index (χ1) is 13.5. The number of nitrogens with zero attached hydrogens (tertiary/aromatic N) is 2. The number of ether oxygens (including phenoxy) is 2. The number of nitrogens with one attached hydrogen (secondary N) is 1. The largest absolute Gasteiger partial charge is 0.493 e. The molecule has 0 heterocycles. The van der Waals surface area contributed by atoms with Crippen LogP contribution in [0.25, 0.3) is 22.9 Å². The van der Waals surface area contributed by atoms with Crippen molar-refractivity contribution in [2.24, 2.45) is 0 Å². The maximum atomic E-state index is 8.76. The molecule has 1 N–H and O–H groups in total. The second-order valence-electron chi connectivity index (χ2n) is 6.76. The van der Waals surface area contributed by atoms with Gasteiger partial charge in [0.15, 0.2) is 11.5 Å². The van der Waals surface area contributed by atoms with Crippen LogP contribution in [-0.4, -0.2) is 34.3 Å². The smallest absolute Gasteiger partial charge is 0.202 e. The number of benzene rings is 3. The minimum absolute atomic E-state index is 0.360. The Hall–Kier alpha value is -3.47. The lowest BCUT2D eigenvalue weighted by Crippen LogP contribution is -2.39. The topological polar surface area (TPSA) is 48.8 Å². The predicted octanol–water partition coefficient (Wildman–Crippen LogP) is 4.85. The SMILES string of the molecule is COc1ccc(N(C)C(=N)N(C)c2ccc3c4c(cccc24)C=C3)cc1OC. The fourth-order valence-corrected chi connectivity index (χ4v) is 3.69. The van der Waals surface area contributed by atoms with Crippen molar-refractivity contribution in [1.29, 1.82) is 5.41 Å². The zero-order chi connectivity index (χ0) is 19.8. The van der Waals surface area contributed by atoms with E-state index in [-0.39, 0.29) is 0 Å². The van der Waals surface area contributed by atoms with Crippen molar-refractivity contribution in [1.82, 2.24) is 0 Å². The molecule has 28 heavy (non-hydrogen) atoms. The van der Waals surface area contributed by atoms with Crippen LogP contribution in [0.5, 0.6) is 11.5 Å². The Bertz CT molecular complexity index is 1090. The summed E-state index contributed by atoms with van der Waals surface area (Å²) < 4.78 is 10.7. The number of methoxy groups -OCH3 is 2. The average Bonchev–Trinajstić information content (AvgIpc) is 3.17. The van der Waals surface area contributed by atoms with E-state index in [1.807, 2.05) is 42.1 Å². The molecular formula is C23H23N3O2. The summed E-state index contributed by atoms with van der Waals surface area (Å²) in [5.74, 6) is 1.66. The summed E-state index contributed by atoms with van der Waals surface area (Å²) in [6.45, 7) is 0. The Morgan fingerprint density at radius 1 is 0.821 bits per heavy atom. The van der Waals surface area contributed by atoms with E-state index in [4.69, 9.17) is 14.9 Å². The van der Waals surface area contributed by atoms with Gasteiger partial charge in [-0.3, -0.25) is 5.41 Å². The molecule has 0 atom stereocenters. The van der Waals surface area contributed by atoms with Crippen LogP contribution in [0.3, 0.4) is 0 Å². The minimum Gasteiger partial charge on any atom is -0.493 e. The zero-order valence-corrected chi connectivity index (χ0v) is 16.5. The highest BCUT2D eigenvalue weighted by Crippen LogP contribution is 2.37. The second-order valence-corrected chi connectivity index (χ2v) is 6.76. The zero-order valence-electron chi connectivity index (χ0n) is 16.5. The van der Waals surface area contributed by atoms with Gasteiger partial charge in [0.1, 0.15) is 0 Å². The van der Waals surface area contributed by atoms with Crippen LogP contribution in [0, 0.1) is 5.41 Å². The van der Waals surface area contributed by atoms with E-state index in [0.717, 1.165) is 16.8 Å². The number of rotatable bonds is 4. The molecular weight excluding hydrogens is 350 g/mol. The van der Waals surface area contributed by atoms with Crippen LogP contribution in [0.15, 0.2) is 48.5 Å². The molecule has 1 aliphatic rings. The molecule has 5 nitrogen and oxygen atoms in total. The lowest BCUT2D eigenvalue weighted by atomic mass is 10.0. The number of hydrogen-bond donors (Lipinski definition) is 1. The minimum atomic E-state index is 0.360. The molecule has 4 rings (SSSR count). The van der Waals surface area contributed by atoms with Crippen molar-refractivity contribution in [3.05, 3.63) is 59.7 Å². The van der Waals surface area contributed by atoms with Crippen molar-refractivity contribution < 1.29 is 9.47 Å². The highest BCUT2D eigenvalue weighted by atomic mass is 16.5. The van der Waals surface area contributed by atoms with Crippen molar-refractivity contribution in [3.8, 4) is 11.5 Å². The van der Waals surface area contributed by atoms with Crippen molar-refractivity contribution in [2.75, 3.05) is 38.1 Å². The maximum absolute atomic E-state index is 8.76. The van der Waals surface area contributed by atoms with Gasteiger partial charge < -0.3 is 19.3 Å². The molecule has 0 aromatic heterocycles. The van der Waals surface area contributed by atoms with Crippen LogP contribution in [0.2, 0.25) is 0 Å². The van der Waals surface area contributed by atoms with Gasteiger partial charge in [-0.1, -0.05) is 36.4 Å². The van der Waals surface area contributed by atoms with Gasteiger partial charge in [0.05, 0.1) is 19.9 Å². The van der Waals surface area contributed by atoms with Crippen LogP contribution >= 0.6 is 0 Å². The molecule has 0 radical (unpaired) electrons. The second kappa shape index (κ2) is 6.93. The Morgan fingerprint density at radius 3 is 2.25 bits per heavy atom. The summed E-state index contributed by atoms with van der Waals surface area (Å²) >= 11 is 0. The lowest BCUT2D eigenvalue weighted by molar-refractivity contribution is 0.355. The summed E-state index contributed by atoms with van der Waals surface area (Å²) in [5.41, 5.74) is 4.30. The molecule has 5 heteroatoms. The molecule has 0 unspecified atom stereocenters. The molecule has 0 fully saturated rings. The molecule has 1 aliphatic carbocycles. The molecule has 3 aromatic carbocycles. The molecule has 0 saturated heterocycles. The van der Waals surface area contributed by atoms with E-state index < -0.39 is 0 Å². The van der Waals surface area contributed by atoms with Gasteiger partial charge in [-0.15, -0.1) is 0 Å². The third-order valence-corrected chi connectivity index (χ3v) is 5.28. The Morgan fingerprint density at radius 2 is 1.54 bits per heavy atom. The first kappa shape index (κ1) is 17.9. The summed E-state index contributed by atoms with van der Waals surface area (Å²) in [6.07, 6.45) is 4.28. The lowest BCUT2D eigenvalue weighted by Gasteiger charge is -2.29. The van der Waals surface area contributed by atoms with Gasteiger partial charge >= 0.3 is 0 Å². The highest BCUT2D eigenvalue weighted by molar-refractivity contribution is 6.14. The molecule has 0 spiro atoms. The summed E-state index contributed by atoms with van der Waals surface area (Å²) in [7, 11) is 7.02. The van der Waals surface area contributed by atoms with Gasteiger partial charge in [-0.2, -0.15) is 0 Å². The number of anilines is 2. The third kappa shape index (κ3) is 2.76. The molecule has 0 amide bonds. The molecule has 0 saturated carbocycles. The fourth-order valence-electron chi connectivity index (χ4n) is 3.69. The number of hydrogen-bond acceptors (Lipinski definition) is 3. The van der Waals surface area contributed by atoms with Crippen LogP contribution in [0.4, 0.5) is 11.4 Å².